The number of imide groups is 1. The van der Waals surface area contributed by atoms with Gasteiger partial charge >= 0.3 is 0 Å². The van der Waals surface area contributed by atoms with Crippen molar-refractivity contribution >= 4 is 40.8 Å². The lowest BCUT2D eigenvalue weighted by Crippen LogP contribution is -2.40. The number of halogens is 2. The molecule has 1 atom stereocenters. The van der Waals surface area contributed by atoms with Gasteiger partial charge in [0.15, 0.2) is 11.5 Å². The van der Waals surface area contributed by atoms with Gasteiger partial charge in [-0.25, -0.2) is 0 Å². The van der Waals surface area contributed by atoms with Crippen molar-refractivity contribution in [2.24, 2.45) is 11.3 Å². The first-order valence-electron chi connectivity index (χ1n) is 12.0. The van der Waals surface area contributed by atoms with Crippen LogP contribution in [0.2, 0.25) is 10.0 Å². The summed E-state index contributed by atoms with van der Waals surface area (Å²) >= 11 is 12.7. The topological polar surface area (TPSA) is 108 Å². The van der Waals surface area contributed by atoms with Crippen LogP contribution in [0.1, 0.15) is 48.5 Å². The van der Waals surface area contributed by atoms with Crippen LogP contribution in [0.4, 0.5) is 0 Å². The highest BCUT2D eigenvalue weighted by Gasteiger charge is 2.49. The Labute approximate surface area is 215 Å². The number of aliphatic hydroxyl groups is 1. The van der Waals surface area contributed by atoms with Crippen LogP contribution in [0.5, 0.6) is 5.75 Å². The van der Waals surface area contributed by atoms with Crippen LogP contribution in [-0.4, -0.2) is 67.4 Å². The summed E-state index contributed by atoms with van der Waals surface area (Å²) in [6.07, 6.45) is 4.88. The Morgan fingerprint density at radius 1 is 1.11 bits per heavy atom. The van der Waals surface area contributed by atoms with Gasteiger partial charge in [0.2, 0.25) is 0 Å². The van der Waals surface area contributed by atoms with E-state index in [0.717, 1.165) is 44.3 Å². The molecule has 2 fully saturated rings. The molecule has 1 aromatic carbocycles. The van der Waals surface area contributed by atoms with E-state index in [4.69, 9.17) is 27.9 Å². The Morgan fingerprint density at radius 2 is 1.77 bits per heavy atom. The van der Waals surface area contributed by atoms with Gasteiger partial charge in [-0.1, -0.05) is 43.0 Å². The lowest BCUT2D eigenvalue weighted by Gasteiger charge is -2.29. The number of ether oxygens (including phenoxy) is 1. The summed E-state index contributed by atoms with van der Waals surface area (Å²) in [7, 11) is 2.15. The first kappa shape index (κ1) is 25.9. The molecule has 2 amide bonds. The Bertz CT molecular complexity index is 1080. The number of aliphatic hydroxyl groups excluding tert-OH is 1. The zero-order chi connectivity index (χ0) is 25.3. The number of benzene rings is 1. The monoisotopic (exact) mass is 523 g/mol. The van der Waals surface area contributed by atoms with Crippen molar-refractivity contribution in [3.8, 4) is 5.75 Å². The third kappa shape index (κ3) is 5.07. The second-order valence-corrected chi connectivity index (χ2v) is 10.6. The molecular formula is C25H31Cl2N3O5. The quantitative estimate of drug-likeness (QED) is 0.519. The Balaban J connectivity index is 0.000000356. The number of carbonyl (C=O) groups excluding carboxylic acids is 3. The highest BCUT2D eigenvalue weighted by Crippen LogP contribution is 2.52. The summed E-state index contributed by atoms with van der Waals surface area (Å²) in [6.45, 7) is 6.40. The Morgan fingerprint density at radius 3 is 2.31 bits per heavy atom. The van der Waals surface area contributed by atoms with Crippen LogP contribution in [0, 0.1) is 11.3 Å². The van der Waals surface area contributed by atoms with E-state index in [2.05, 4.69) is 17.3 Å². The summed E-state index contributed by atoms with van der Waals surface area (Å²) in [6, 6.07) is 1.67. The van der Waals surface area contributed by atoms with Gasteiger partial charge in [0.1, 0.15) is 23.0 Å². The number of nitrogens with zero attached hydrogens (tertiary/aromatic N) is 1. The molecule has 1 unspecified atom stereocenters. The molecule has 2 heterocycles. The van der Waals surface area contributed by atoms with Gasteiger partial charge < -0.3 is 20.1 Å². The average Bonchev–Trinajstić information content (AvgIpc) is 3.51. The number of piperazine rings is 1. The van der Waals surface area contributed by atoms with Crippen molar-refractivity contribution in [2.45, 2.75) is 39.0 Å². The largest absolute Gasteiger partial charge is 0.503 e. The number of carbonyl (C=O) groups is 3. The molecule has 2 aliphatic carbocycles. The van der Waals surface area contributed by atoms with Crippen molar-refractivity contribution in [3.63, 3.8) is 0 Å². The molecule has 0 aromatic heterocycles. The van der Waals surface area contributed by atoms with Crippen molar-refractivity contribution < 1.29 is 24.2 Å². The van der Waals surface area contributed by atoms with Crippen LogP contribution in [0.15, 0.2) is 17.4 Å². The second-order valence-electron chi connectivity index (χ2n) is 9.89. The van der Waals surface area contributed by atoms with E-state index in [1.807, 2.05) is 12.2 Å². The Hall–Kier alpha value is -2.13. The van der Waals surface area contributed by atoms with Gasteiger partial charge in [-0.15, -0.1) is 0 Å². The molecule has 190 valence electrons. The molecule has 0 bridgehead atoms. The fraction of sp³-hybridized carbons (Fsp3) is 0.560. The van der Waals surface area contributed by atoms with Crippen LogP contribution >= 0.6 is 23.2 Å². The third-order valence-electron chi connectivity index (χ3n) is 7.53. The summed E-state index contributed by atoms with van der Waals surface area (Å²) < 4.78 is 5.59. The number of amides is 2. The number of Topliss-reactive ketones (excluding diaryl/α,β-unsaturated/α-hetero) is 1. The molecule has 2 aliphatic heterocycles. The van der Waals surface area contributed by atoms with E-state index in [1.165, 1.54) is 13.1 Å². The maximum absolute atomic E-state index is 13.2. The molecule has 1 saturated heterocycles. The van der Waals surface area contributed by atoms with Crippen LogP contribution in [-0.2, 0) is 16.0 Å². The maximum atomic E-state index is 13.2. The molecule has 35 heavy (non-hydrogen) atoms. The zero-order valence-corrected chi connectivity index (χ0v) is 21.5. The number of hydrogen-bond acceptors (Lipinski definition) is 7. The molecule has 5 rings (SSSR count). The smallest absolute Gasteiger partial charge is 0.293 e. The number of hydrogen-bond donors (Lipinski definition) is 3. The minimum Gasteiger partial charge on any atom is -0.503 e. The lowest BCUT2D eigenvalue weighted by molar-refractivity contribution is -0.125. The molecule has 1 aromatic rings. The van der Waals surface area contributed by atoms with E-state index >= 15 is 0 Å². The maximum Gasteiger partial charge on any atom is 0.293 e. The standard InChI is InChI=1S/C20H19Cl2NO5.C5H12N2/c1-20(10-4-2-3-5-10)7-9-6-12(14(21)15(22)13(9)17(20)25)28-8-11-16(24)19(27)23-18(11)26;1-7-4-2-6-3-5-7/h6,10H,2-5,7-8H2,1H3,(H2,23,24,26,27);6H,2-5H2,1H3. The average molecular weight is 524 g/mol. The molecule has 4 aliphatic rings. The normalized spacial score (nSPS) is 25.0. The minimum absolute atomic E-state index is 0.0222. The number of nitrogens with one attached hydrogen (secondary N) is 2. The summed E-state index contributed by atoms with van der Waals surface area (Å²) in [5.74, 6) is -1.69. The van der Waals surface area contributed by atoms with Crippen LogP contribution in [0.25, 0.3) is 0 Å². The van der Waals surface area contributed by atoms with Crippen molar-refractivity contribution in [1.82, 2.24) is 15.5 Å². The second kappa shape index (κ2) is 10.5. The number of likely N-dealkylation sites (N-methyl/N-ethyl adjacent to an activating group) is 1. The first-order chi connectivity index (χ1) is 16.6. The number of fused-ring (bicyclic) bond motifs is 1. The molecule has 8 nitrogen and oxygen atoms in total. The molecule has 10 heteroatoms. The van der Waals surface area contributed by atoms with Crippen LogP contribution < -0.4 is 15.4 Å². The highest BCUT2D eigenvalue weighted by atomic mass is 35.5. The van der Waals surface area contributed by atoms with E-state index in [-0.39, 0.29) is 33.8 Å². The van der Waals surface area contributed by atoms with Crippen molar-refractivity contribution in [2.75, 3.05) is 39.8 Å². The van der Waals surface area contributed by atoms with Gasteiger partial charge in [-0.2, -0.15) is 0 Å². The molecule has 1 saturated carbocycles. The summed E-state index contributed by atoms with van der Waals surface area (Å²) in [4.78, 5) is 38.5. The Kier molecular flexibility index (Phi) is 7.76. The zero-order valence-electron chi connectivity index (χ0n) is 20.0. The third-order valence-corrected chi connectivity index (χ3v) is 8.38. The SMILES string of the molecule is CC1(C2CCCC2)Cc2cc(OCC3=C(O)C(=O)NC3=O)c(Cl)c(Cl)c2C1=O.CN1CCNCC1. The molecular weight excluding hydrogens is 493 g/mol. The lowest BCUT2D eigenvalue weighted by atomic mass is 9.73. The number of ketones is 1. The molecule has 0 radical (unpaired) electrons. The van der Waals surface area contributed by atoms with Gasteiger partial charge in [-0.05, 0) is 43.9 Å². The van der Waals surface area contributed by atoms with E-state index in [9.17, 15) is 19.5 Å². The van der Waals surface area contributed by atoms with Crippen molar-refractivity contribution in [1.29, 1.82) is 0 Å². The predicted molar refractivity (Wildman–Crippen MR) is 133 cm³/mol. The van der Waals surface area contributed by atoms with Crippen molar-refractivity contribution in [3.05, 3.63) is 38.6 Å². The highest BCUT2D eigenvalue weighted by molar-refractivity contribution is 6.45. The van der Waals surface area contributed by atoms with E-state index in [0.29, 0.717) is 17.9 Å². The van der Waals surface area contributed by atoms with Gasteiger partial charge in [-0.3, -0.25) is 19.7 Å². The van der Waals surface area contributed by atoms with Crippen LogP contribution in [0.3, 0.4) is 0 Å². The first-order valence-corrected chi connectivity index (χ1v) is 12.7. The molecule has 3 N–H and O–H groups in total. The van der Waals surface area contributed by atoms with Gasteiger partial charge in [0.05, 0.1) is 5.02 Å². The number of rotatable bonds is 4. The molecule has 0 spiro atoms. The van der Waals surface area contributed by atoms with E-state index < -0.39 is 23.0 Å². The van der Waals surface area contributed by atoms with Gasteiger partial charge in [0, 0.05) is 37.2 Å². The summed E-state index contributed by atoms with van der Waals surface area (Å²) in [5.41, 5.74) is 0.547. The fourth-order valence-corrected chi connectivity index (χ4v) is 5.84. The van der Waals surface area contributed by atoms with Gasteiger partial charge in [0.25, 0.3) is 11.8 Å². The van der Waals surface area contributed by atoms with E-state index in [1.54, 1.807) is 6.07 Å². The summed E-state index contributed by atoms with van der Waals surface area (Å²) in [5, 5.41) is 15.2. The predicted octanol–water partition coefficient (Wildman–Crippen LogP) is 3.30. The minimum atomic E-state index is -0.861. The fourth-order valence-electron chi connectivity index (χ4n) is 5.34.